The van der Waals surface area contributed by atoms with Crippen molar-refractivity contribution in [3.05, 3.63) is 35.4 Å². The summed E-state index contributed by atoms with van der Waals surface area (Å²) >= 11 is 0. The number of hydrogen-bond acceptors (Lipinski definition) is 2. The average molecular weight is 213 g/mol. The summed E-state index contributed by atoms with van der Waals surface area (Å²) in [6.45, 7) is 0.184. The zero-order valence-corrected chi connectivity index (χ0v) is 8.25. The number of rotatable bonds is 3. The molecule has 0 atom stereocenters. The number of nitrogens with two attached hydrogens (primary N) is 1. The Kier molecular flexibility index (Phi) is 2.98. The van der Waals surface area contributed by atoms with Crippen molar-refractivity contribution in [2.75, 3.05) is 0 Å². The van der Waals surface area contributed by atoms with Gasteiger partial charge in [-0.15, -0.1) is 0 Å². The van der Waals surface area contributed by atoms with Crippen LogP contribution in [0.2, 0.25) is 0 Å². The van der Waals surface area contributed by atoms with E-state index in [0.29, 0.717) is 5.56 Å². The molecule has 0 unspecified atom stereocenters. The Labute approximate surface area is 87.0 Å². The Morgan fingerprint density at radius 3 is 2.67 bits per heavy atom. The lowest BCUT2D eigenvalue weighted by molar-refractivity contribution is -0.0198. The normalized spacial score (nSPS) is 25.0. The third kappa shape index (κ3) is 2.52. The summed E-state index contributed by atoms with van der Waals surface area (Å²) in [6, 6.07) is 3.72. The Bertz CT molecular complexity index is 350. The zero-order chi connectivity index (χ0) is 10.8. The predicted octanol–water partition coefficient (Wildman–Crippen LogP) is 1.97. The van der Waals surface area contributed by atoms with E-state index in [0.717, 1.165) is 18.9 Å². The Balaban J connectivity index is 1.88. The molecule has 0 saturated heterocycles. The molecule has 82 valence electrons. The second-order valence-corrected chi connectivity index (χ2v) is 3.90. The Morgan fingerprint density at radius 1 is 1.33 bits per heavy atom. The Hall–Kier alpha value is -1.00. The van der Waals surface area contributed by atoms with Crippen LogP contribution in [-0.4, -0.2) is 12.1 Å². The van der Waals surface area contributed by atoms with Gasteiger partial charge in [-0.25, -0.2) is 8.78 Å². The minimum atomic E-state index is -0.568. The fourth-order valence-corrected chi connectivity index (χ4v) is 1.59. The molecule has 1 fully saturated rings. The van der Waals surface area contributed by atoms with Crippen molar-refractivity contribution in [3.63, 3.8) is 0 Å². The van der Waals surface area contributed by atoms with E-state index in [9.17, 15) is 8.78 Å². The van der Waals surface area contributed by atoms with Crippen molar-refractivity contribution in [1.82, 2.24) is 0 Å². The lowest BCUT2D eigenvalue weighted by atomic mass is 9.90. The second-order valence-electron chi connectivity index (χ2n) is 3.90. The highest BCUT2D eigenvalue weighted by molar-refractivity contribution is 5.17. The van der Waals surface area contributed by atoms with Crippen molar-refractivity contribution >= 4 is 0 Å². The van der Waals surface area contributed by atoms with Gasteiger partial charge in [0.15, 0.2) is 0 Å². The zero-order valence-electron chi connectivity index (χ0n) is 8.25. The fourth-order valence-electron chi connectivity index (χ4n) is 1.59. The van der Waals surface area contributed by atoms with Crippen LogP contribution in [0.15, 0.2) is 18.2 Å². The summed E-state index contributed by atoms with van der Waals surface area (Å²) in [6.07, 6.45) is 1.77. The fraction of sp³-hybridized carbons (Fsp3) is 0.455. The number of ether oxygens (including phenoxy) is 1. The molecule has 0 radical (unpaired) electrons. The van der Waals surface area contributed by atoms with E-state index in [2.05, 4.69) is 0 Å². The van der Waals surface area contributed by atoms with Crippen molar-refractivity contribution < 1.29 is 13.5 Å². The lowest BCUT2D eigenvalue weighted by Gasteiger charge is -2.32. The molecule has 0 aliphatic heterocycles. The molecular formula is C11H13F2NO. The van der Waals surface area contributed by atoms with Crippen LogP contribution in [0.4, 0.5) is 8.78 Å². The average Bonchev–Trinajstić information content (AvgIpc) is 2.13. The topological polar surface area (TPSA) is 35.2 Å². The van der Waals surface area contributed by atoms with Gasteiger partial charge in [0.05, 0.1) is 12.7 Å². The standard InChI is InChI=1S/C11H13F2NO/c12-8-2-1-7(11(13)3-8)6-15-10-4-9(14)5-10/h1-3,9-10H,4-6,14H2. The SMILES string of the molecule is NC1CC(OCc2ccc(F)cc2F)C1. The largest absolute Gasteiger partial charge is 0.373 e. The van der Waals surface area contributed by atoms with Crippen LogP contribution in [0.5, 0.6) is 0 Å². The van der Waals surface area contributed by atoms with Crippen LogP contribution in [-0.2, 0) is 11.3 Å². The van der Waals surface area contributed by atoms with Crippen molar-refractivity contribution in [1.29, 1.82) is 0 Å². The van der Waals surface area contributed by atoms with Crippen molar-refractivity contribution in [2.24, 2.45) is 5.73 Å². The first-order valence-electron chi connectivity index (χ1n) is 4.96. The highest BCUT2D eigenvalue weighted by atomic mass is 19.1. The Morgan fingerprint density at radius 2 is 2.07 bits per heavy atom. The lowest BCUT2D eigenvalue weighted by Crippen LogP contribution is -2.41. The number of hydrogen-bond donors (Lipinski definition) is 1. The van der Waals surface area contributed by atoms with Crippen molar-refractivity contribution in [2.45, 2.75) is 31.6 Å². The molecule has 4 heteroatoms. The van der Waals surface area contributed by atoms with Gasteiger partial charge in [-0.3, -0.25) is 0 Å². The highest BCUT2D eigenvalue weighted by Crippen LogP contribution is 2.23. The quantitative estimate of drug-likeness (QED) is 0.833. The van der Waals surface area contributed by atoms with Gasteiger partial charge >= 0.3 is 0 Å². The van der Waals surface area contributed by atoms with E-state index >= 15 is 0 Å². The number of benzene rings is 1. The predicted molar refractivity (Wildman–Crippen MR) is 52.1 cm³/mol. The van der Waals surface area contributed by atoms with Gasteiger partial charge in [0, 0.05) is 17.7 Å². The van der Waals surface area contributed by atoms with Crippen LogP contribution in [0, 0.1) is 11.6 Å². The molecule has 1 aromatic rings. The first-order chi connectivity index (χ1) is 7.15. The summed E-state index contributed by atoms with van der Waals surface area (Å²) in [5.74, 6) is -1.12. The van der Waals surface area contributed by atoms with Gasteiger partial charge < -0.3 is 10.5 Å². The first-order valence-corrected chi connectivity index (χ1v) is 4.96. The van der Waals surface area contributed by atoms with Gasteiger partial charge in [-0.05, 0) is 18.9 Å². The first kappa shape index (κ1) is 10.5. The molecule has 1 saturated carbocycles. The third-order valence-corrected chi connectivity index (χ3v) is 2.62. The second kappa shape index (κ2) is 4.24. The van der Waals surface area contributed by atoms with E-state index in [1.54, 1.807) is 0 Å². The smallest absolute Gasteiger partial charge is 0.131 e. The molecule has 1 aliphatic rings. The van der Waals surface area contributed by atoms with Crippen LogP contribution < -0.4 is 5.73 Å². The summed E-state index contributed by atoms with van der Waals surface area (Å²) < 4.78 is 31.1. The summed E-state index contributed by atoms with van der Waals surface area (Å²) in [7, 11) is 0. The minimum absolute atomic E-state index is 0.129. The summed E-state index contributed by atoms with van der Waals surface area (Å²) in [4.78, 5) is 0. The molecule has 15 heavy (non-hydrogen) atoms. The molecule has 0 spiro atoms. The molecular weight excluding hydrogens is 200 g/mol. The van der Waals surface area contributed by atoms with Gasteiger partial charge in [0.25, 0.3) is 0 Å². The molecule has 1 aliphatic carbocycles. The van der Waals surface area contributed by atoms with Crippen LogP contribution in [0.25, 0.3) is 0 Å². The maximum absolute atomic E-state index is 13.2. The molecule has 2 N–H and O–H groups in total. The maximum Gasteiger partial charge on any atom is 0.131 e. The van der Waals surface area contributed by atoms with Gasteiger partial charge in [0.2, 0.25) is 0 Å². The molecule has 1 aromatic carbocycles. The van der Waals surface area contributed by atoms with Crippen LogP contribution >= 0.6 is 0 Å². The molecule has 0 amide bonds. The third-order valence-electron chi connectivity index (χ3n) is 2.62. The minimum Gasteiger partial charge on any atom is -0.373 e. The summed E-state index contributed by atoms with van der Waals surface area (Å²) in [5.41, 5.74) is 5.97. The van der Waals surface area contributed by atoms with E-state index in [4.69, 9.17) is 10.5 Å². The van der Waals surface area contributed by atoms with E-state index in [-0.39, 0.29) is 18.8 Å². The molecule has 0 bridgehead atoms. The van der Waals surface area contributed by atoms with Gasteiger partial charge in [-0.2, -0.15) is 0 Å². The highest BCUT2D eigenvalue weighted by Gasteiger charge is 2.26. The summed E-state index contributed by atoms with van der Waals surface area (Å²) in [5, 5.41) is 0. The van der Waals surface area contributed by atoms with E-state index in [1.807, 2.05) is 0 Å². The molecule has 0 heterocycles. The number of halogens is 2. The molecule has 0 aromatic heterocycles. The van der Waals surface area contributed by atoms with Gasteiger partial charge in [-0.1, -0.05) is 6.07 Å². The van der Waals surface area contributed by atoms with Gasteiger partial charge in [0.1, 0.15) is 11.6 Å². The van der Waals surface area contributed by atoms with E-state index < -0.39 is 11.6 Å². The maximum atomic E-state index is 13.2. The molecule has 2 rings (SSSR count). The van der Waals surface area contributed by atoms with E-state index in [1.165, 1.54) is 12.1 Å². The van der Waals surface area contributed by atoms with Crippen LogP contribution in [0.3, 0.4) is 0 Å². The van der Waals surface area contributed by atoms with Crippen LogP contribution in [0.1, 0.15) is 18.4 Å². The molecule has 2 nitrogen and oxygen atoms in total. The van der Waals surface area contributed by atoms with Crippen molar-refractivity contribution in [3.8, 4) is 0 Å². The monoisotopic (exact) mass is 213 g/mol.